The number of nitrogens with zero attached hydrogens (tertiary/aromatic N) is 4. The summed E-state index contributed by atoms with van der Waals surface area (Å²) in [5.74, 6) is 0.465. The molecule has 0 unspecified atom stereocenters. The number of amides is 1. The van der Waals surface area contributed by atoms with Crippen molar-refractivity contribution < 1.29 is 9.53 Å². The average Bonchev–Trinajstić information content (AvgIpc) is 3.24. The number of hydrogen-bond donors (Lipinski definition) is 1. The van der Waals surface area contributed by atoms with Crippen molar-refractivity contribution in [1.82, 2.24) is 19.7 Å². The minimum Gasteiger partial charge on any atom is -0.485 e. The van der Waals surface area contributed by atoms with E-state index in [1.165, 1.54) is 6.20 Å². The predicted octanol–water partition coefficient (Wildman–Crippen LogP) is 4.15. The zero-order valence-electron chi connectivity index (χ0n) is 15.2. The SMILES string of the molecule is O=C(Nc1ncccc1OCc1ccncc1)c1cnn(-c2cccc(Cl)c2)c1. The van der Waals surface area contributed by atoms with Crippen LogP contribution in [0.25, 0.3) is 5.69 Å². The monoisotopic (exact) mass is 405 g/mol. The first kappa shape index (κ1) is 18.6. The maximum atomic E-state index is 12.7. The van der Waals surface area contributed by atoms with Gasteiger partial charge in [0.05, 0.1) is 17.4 Å². The van der Waals surface area contributed by atoms with Gasteiger partial charge in [0, 0.05) is 29.8 Å². The van der Waals surface area contributed by atoms with E-state index in [1.807, 2.05) is 24.3 Å². The van der Waals surface area contributed by atoms with E-state index in [1.54, 1.807) is 53.7 Å². The van der Waals surface area contributed by atoms with Crippen LogP contribution in [0.3, 0.4) is 0 Å². The number of anilines is 1. The Labute approximate surface area is 172 Å². The number of halogens is 1. The summed E-state index contributed by atoms with van der Waals surface area (Å²) in [5.41, 5.74) is 2.11. The lowest BCUT2D eigenvalue weighted by molar-refractivity contribution is 0.102. The molecule has 1 N–H and O–H groups in total. The van der Waals surface area contributed by atoms with Crippen molar-refractivity contribution in [1.29, 1.82) is 0 Å². The highest BCUT2D eigenvalue weighted by Gasteiger charge is 2.14. The quantitative estimate of drug-likeness (QED) is 0.521. The van der Waals surface area contributed by atoms with Gasteiger partial charge in [-0.25, -0.2) is 9.67 Å². The van der Waals surface area contributed by atoms with Gasteiger partial charge in [-0.3, -0.25) is 9.78 Å². The Morgan fingerprint density at radius 3 is 2.79 bits per heavy atom. The molecule has 144 valence electrons. The van der Waals surface area contributed by atoms with Gasteiger partial charge >= 0.3 is 0 Å². The summed E-state index contributed by atoms with van der Waals surface area (Å²) in [5, 5.41) is 7.59. The molecule has 0 radical (unpaired) electrons. The second kappa shape index (κ2) is 8.53. The fraction of sp³-hybridized carbons (Fsp3) is 0.0476. The molecule has 0 saturated heterocycles. The lowest BCUT2D eigenvalue weighted by atomic mass is 10.3. The molecule has 8 heteroatoms. The predicted molar refractivity (Wildman–Crippen MR) is 109 cm³/mol. The van der Waals surface area contributed by atoms with E-state index in [2.05, 4.69) is 20.4 Å². The molecule has 7 nitrogen and oxygen atoms in total. The number of carbonyl (C=O) groups excluding carboxylic acids is 1. The molecule has 3 heterocycles. The van der Waals surface area contributed by atoms with Crippen molar-refractivity contribution >= 4 is 23.3 Å². The number of hydrogen-bond acceptors (Lipinski definition) is 5. The van der Waals surface area contributed by atoms with Crippen LogP contribution in [0.15, 0.2) is 79.5 Å². The van der Waals surface area contributed by atoms with Crippen molar-refractivity contribution in [3.63, 3.8) is 0 Å². The third-order valence-corrected chi connectivity index (χ3v) is 4.30. The van der Waals surface area contributed by atoms with Crippen molar-refractivity contribution in [2.45, 2.75) is 6.61 Å². The van der Waals surface area contributed by atoms with Crippen molar-refractivity contribution in [2.75, 3.05) is 5.32 Å². The summed E-state index contributed by atoms with van der Waals surface area (Å²) in [4.78, 5) is 20.9. The fourth-order valence-electron chi connectivity index (χ4n) is 2.62. The van der Waals surface area contributed by atoms with E-state index < -0.39 is 0 Å². The molecule has 0 bridgehead atoms. The van der Waals surface area contributed by atoms with Crippen LogP contribution in [0, 0.1) is 0 Å². The zero-order valence-corrected chi connectivity index (χ0v) is 16.0. The number of benzene rings is 1. The van der Waals surface area contributed by atoms with Crippen LogP contribution in [0.2, 0.25) is 5.02 Å². The highest BCUT2D eigenvalue weighted by atomic mass is 35.5. The minimum absolute atomic E-state index is 0.335. The van der Waals surface area contributed by atoms with E-state index in [9.17, 15) is 4.79 Å². The molecule has 0 spiro atoms. The molecule has 1 amide bonds. The molecule has 0 aliphatic heterocycles. The summed E-state index contributed by atoms with van der Waals surface area (Å²) in [6.07, 6.45) is 8.09. The molecule has 0 saturated carbocycles. The third-order valence-electron chi connectivity index (χ3n) is 4.06. The fourth-order valence-corrected chi connectivity index (χ4v) is 2.81. The zero-order chi connectivity index (χ0) is 20.1. The van der Waals surface area contributed by atoms with Gasteiger partial charge in [-0.2, -0.15) is 5.10 Å². The van der Waals surface area contributed by atoms with Crippen LogP contribution in [0.1, 0.15) is 15.9 Å². The van der Waals surface area contributed by atoms with Gasteiger partial charge in [0.1, 0.15) is 6.61 Å². The lowest BCUT2D eigenvalue weighted by Gasteiger charge is -2.11. The first-order valence-electron chi connectivity index (χ1n) is 8.78. The van der Waals surface area contributed by atoms with E-state index in [-0.39, 0.29) is 5.91 Å². The maximum Gasteiger partial charge on any atom is 0.260 e. The Bertz CT molecular complexity index is 1130. The van der Waals surface area contributed by atoms with Gasteiger partial charge in [0.2, 0.25) is 0 Å². The second-order valence-electron chi connectivity index (χ2n) is 6.10. The number of carbonyl (C=O) groups is 1. The van der Waals surface area contributed by atoms with Crippen LogP contribution in [0.5, 0.6) is 5.75 Å². The van der Waals surface area contributed by atoms with Crippen molar-refractivity contribution in [2.24, 2.45) is 0 Å². The Hall–Kier alpha value is -3.71. The Balaban J connectivity index is 1.48. The van der Waals surface area contributed by atoms with Gasteiger partial charge in [-0.15, -0.1) is 0 Å². The summed E-state index contributed by atoms with van der Waals surface area (Å²) in [6.45, 7) is 0.337. The molecule has 0 atom stereocenters. The molecule has 0 aliphatic carbocycles. The van der Waals surface area contributed by atoms with Crippen LogP contribution < -0.4 is 10.1 Å². The normalized spacial score (nSPS) is 10.5. The third kappa shape index (κ3) is 4.59. The maximum absolute atomic E-state index is 12.7. The number of ether oxygens (including phenoxy) is 1. The standard InChI is InChI=1S/C21H16ClN5O2/c22-17-3-1-4-18(11-17)27-13-16(12-25-27)21(28)26-20-19(5-2-8-24-20)29-14-15-6-9-23-10-7-15/h1-13H,14H2,(H,24,26,28). The molecule has 0 fully saturated rings. The minimum atomic E-state index is -0.342. The number of pyridine rings is 2. The first-order valence-corrected chi connectivity index (χ1v) is 9.15. The van der Waals surface area contributed by atoms with Crippen LogP contribution >= 0.6 is 11.6 Å². The molecule has 29 heavy (non-hydrogen) atoms. The van der Waals surface area contributed by atoms with Crippen LogP contribution in [-0.2, 0) is 6.61 Å². The van der Waals surface area contributed by atoms with Crippen LogP contribution in [-0.4, -0.2) is 25.7 Å². The van der Waals surface area contributed by atoms with Crippen LogP contribution in [0.4, 0.5) is 5.82 Å². The molecular weight excluding hydrogens is 390 g/mol. The highest BCUT2D eigenvalue weighted by Crippen LogP contribution is 2.23. The van der Waals surface area contributed by atoms with Crippen molar-refractivity contribution in [3.05, 3.63) is 95.7 Å². The summed E-state index contributed by atoms with van der Waals surface area (Å²) in [6, 6.07) is 14.4. The van der Waals surface area contributed by atoms with Gasteiger partial charge in [0.25, 0.3) is 5.91 Å². The first-order chi connectivity index (χ1) is 14.2. The van der Waals surface area contributed by atoms with Gasteiger partial charge < -0.3 is 10.1 Å². The summed E-state index contributed by atoms with van der Waals surface area (Å²) < 4.78 is 7.39. The molecule has 4 aromatic rings. The number of nitrogens with one attached hydrogen (secondary N) is 1. The average molecular weight is 406 g/mol. The van der Waals surface area contributed by atoms with E-state index in [4.69, 9.17) is 16.3 Å². The Morgan fingerprint density at radius 2 is 1.97 bits per heavy atom. The summed E-state index contributed by atoms with van der Waals surface area (Å²) >= 11 is 6.02. The molecule has 0 aliphatic rings. The topological polar surface area (TPSA) is 81.9 Å². The van der Waals surface area contributed by atoms with Gasteiger partial charge in [-0.05, 0) is 48.0 Å². The molecule has 4 rings (SSSR count). The highest BCUT2D eigenvalue weighted by molar-refractivity contribution is 6.30. The van der Waals surface area contributed by atoms with E-state index in [0.717, 1.165) is 11.3 Å². The molecule has 1 aromatic carbocycles. The Kier molecular flexibility index (Phi) is 5.49. The van der Waals surface area contributed by atoms with Gasteiger partial charge in [-0.1, -0.05) is 17.7 Å². The number of rotatable bonds is 6. The smallest absolute Gasteiger partial charge is 0.260 e. The number of aromatic nitrogens is 4. The summed E-state index contributed by atoms with van der Waals surface area (Å²) in [7, 11) is 0. The van der Waals surface area contributed by atoms with E-state index >= 15 is 0 Å². The van der Waals surface area contributed by atoms with E-state index in [0.29, 0.717) is 28.8 Å². The largest absolute Gasteiger partial charge is 0.485 e. The van der Waals surface area contributed by atoms with Gasteiger partial charge in [0.15, 0.2) is 11.6 Å². The second-order valence-corrected chi connectivity index (χ2v) is 6.54. The molecular formula is C21H16ClN5O2. The molecule has 3 aromatic heterocycles. The Morgan fingerprint density at radius 1 is 1.10 bits per heavy atom. The lowest BCUT2D eigenvalue weighted by Crippen LogP contribution is -2.13. The van der Waals surface area contributed by atoms with Crippen molar-refractivity contribution in [3.8, 4) is 11.4 Å².